The molecule has 0 aliphatic carbocycles. The Bertz CT molecular complexity index is 150. The number of Topliss-reactive ketones (excluding diaryl/α,β-unsaturated/α-hetero) is 1. The number of rotatable bonds is 2. The molecule has 0 unspecified atom stereocenters. The van der Waals surface area contributed by atoms with E-state index < -0.39 is 6.10 Å². The van der Waals surface area contributed by atoms with Gasteiger partial charge in [-0.1, -0.05) is 0 Å². The fourth-order valence-corrected chi connectivity index (χ4v) is 0.342. The van der Waals surface area contributed by atoms with Crippen LogP contribution in [0.15, 0.2) is 0 Å². The lowest BCUT2D eigenvalue weighted by molar-refractivity contribution is -0.124. The van der Waals surface area contributed by atoms with E-state index in [1.54, 1.807) is 6.92 Å². The van der Waals surface area contributed by atoms with Crippen molar-refractivity contribution in [2.75, 3.05) is 0 Å². The van der Waals surface area contributed by atoms with Gasteiger partial charge in [0.15, 0.2) is 5.78 Å². The molecule has 2 heteroatoms. The van der Waals surface area contributed by atoms with E-state index in [0.717, 1.165) is 0 Å². The summed E-state index contributed by atoms with van der Waals surface area (Å²) < 4.78 is 0. The number of carbonyl (C=O) groups excluding carboxylic acids is 1. The Morgan fingerprint density at radius 1 is 1.78 bits per heavy atom. The van der Waals surface area contributed by atoms with Gasteiger partial charge in [0.2, 0.25) is 0 Å². The van der Waals surface area contributed by atoms with Gasteiger partial charge in [0.25, 0.3) is 0 Å². The third-order valence-electron chi connectivity index (χ3n) is 0.941. The Morgan fingerprint density at radius 3 is 2.67 bits per heavy atom. The minimum Gasteiger partial charge on any atom is -0.384 e. The second kappa shape index (κ2) is 4.11. The predicted molar refractivity (Wildman–Crippen MR) is 34.8 cm³/mol. The van der Waals surface area contributed by atoms with E-state index in [1.807, 2.05) is 0 Å². The molecule has 1 N–H and O–H groups in total. The molecular formula is C7H10O2. The molecule has 1 atom stereocenters. The number of ketones is 1. The van der Waals surface area contributed by atoms with Crippen LogP contribution in [0.3, 0.4) is 0 Å². The first-order valence-electron chi connectivity index (χ1n) is 2.76. The Balaban J connectivity index is 3.59. The highest BCUT2D eigenvalue weighted by Gasteiger charge is 2.05. The topological polar surface area (TPSA) is 37.3 Å². The first kappa shape index (κ1) is 8.19. The monoisotopic (exact) mass is 126 g/mol. The molecule has 50 valence electrons. The lowest BCUT2D eigenvalue weighted by atomic mass is 10.2. The van der Waals surface area contributed by atoms with Crippen molar-refractivity contribution in [1.82, 2.24) is 0 Å². The first-order chi connectivity index (χ1) is 4.18. The summed E-state index contributed by atoms with van der Waals surface area (Å²) in [6, 6.07) is 0. The summed E-state index contributed by atoms with van der Waals surface area (Å²) in [5.41, 5.74) is 0. The molecule has 0 aromatic carbocycles. The zero-order valence-corrected chi connectivity index (χ0v) is 5.64. The maximum absolute atomic E-state index is 10.3. The van der Waals surface area contributed by atoms with Gasteiger partial charge in [-0.25, -0.2) is 0 Å². The van der Waals surface area contributed by atoms with Crippen LogP contribution < -0.4 is 0 Å². The van der Waals surface area contributed by atoms with Gasteiger partial charge in [0, 0.05) is 6.42 Å². The standard InChI is InChI=1S/C7H10O2/c1-3-4-5-7(9)6(2)8/h7,9H,5H2,1-2H3/t7-/m0/s1. The number of aliphatic hydroxyl groups excluding tert-OH is 1. The van der Waals surface area contributed by atoms with Crippen LogP contribution >= 0.6 is 0 Å². The van der Waals surface area contributed by atoms with E-state index in [2.05, 4.69) is 11.8 Å². The zero-order chi connectivity index (χ0) is 7.28. The maximum Gasteiger partial charge on any atom is 0.159 e. The minimum absolute atomic E-state index is 0.224. The Morgan fingerprint density at radius 2 is 2.33 bits per heavy atom. The highest BCUT2D eigenvalue weighted by molar-refractivity contribution is 5.80. The molecule has 0 spiro atoms. The number of hydrogen-bond donors (Lipinski definition) is 1. The van der Waals surface area contributed by atoms with E-state index in [0.29, 0.717) is 0 Å². The first-order valence-corrected chi connectivity index (χ1v) is 2.76. The molecule has 0 aliphatic heterocycles. The average molecular weight is 126 g/mol. The molecule has 0 fully saturated rings. The van der Waals surface area contributed by atoms with Crippen LogP contribution in [0.1, 0.15) is 20.3 Å². The lowest BCUT2D eigenvalue weighted by Gasteiger charge is -1.97. The van der Waals surface area contributed by atoms with E-state index in [-0.39, 0.29) is 12.2 Å². The van der Waals surface area contributed by atoms with Crippen molar-refractivity contribution in [1.29, 1.82) is 0 Å². The van der Waals surface area contributed by atoms with E-state index in [9.17, 15) is 4.79 Å². The quantitative estimate of drug-likeness (QED) is 0.542. The van der Waals surface area contributed by atoms with Gasteiger partial charge in [-0.05, 0) is 13.8 Å². The molecule has 0 aromatic rings. The highest BCUT2D eigenvalue weighted by atomic mass is 16.3. The second-order valence-electron chi connectivity index (χ2n) is 1.76. The largest absolute Gasteiger partial charge is 0.384 e. The van der Waals surface area contributed by atoms with Crippen LogP contribution in [-0.4, -0.2) is 17.0 Å². The molecule has 0 radical (unpaired) electrons. The molecule has 0 aliphatic rings. The van der Waals surface area contributed by atoms with Crippen LogP contribution in [-0.2, 0) is 4.79 Å². The summed E-state index contributed by atoms with van der Waals surface area (Å²) in [5, 5.41) is 8.81. The number of carbonyl (C=O) groups is 1. The van der Waals surface area contributed by atoms with Gasteiger partial charge in [0.05, 0.1) is 0 Å². The van der Waals surface area contributed by atoms with E-state index in [1.165, 1.54) is 6.92 Å². The van der Waals surface area contributed by atoms with Gasteiger partial charge >= 0.3 is 0 Å². The molecule has 0 saturated carbocycles. The SMILES string of the molecule is CC#CC[C@H](O)C(C)=O. The Kier molecular flexibility index (Phi) is 3.74. The molecule has 2 nitrogen and oxygen atoms in total. The lowest BCUT2D eigenvalue weighted by Crippen LogP contribution is -2.15. The van der Waals surface area contributed by atoms with Crippen molar-refractivity contribution in [3.63, 3.8) is 0 Å². The zero-order valence-electron chi connectivity index (χ0n) is 5.64. The predicted octanol–water partition coefficient (Wildman–Crippen LogP) is 0.350. The summed E-state index contributed by atoms with van der Waals surface area (Å²) in [7, 11) is 0. The van der Waals surface area contributed by atoms with Crippen molar-refractivity contribution in [2.24, 2.45) is 0 Å². The van der Waals surface area contributed by atoms with Crippen LogP contribution in [0.25, 0.3) is 0 Å². The van der Waals surface area contributed by atoms with Gasteiger partial charge in [-0.3, -0.25) is 4.79 Å². The van der Waals surface area contributed by atoms with Crippen molar-refractivity contribution in [3.8, 4) is 11.8 Å². The van der Waals surface area contributed by atoms with E-state index >= 15 is 0 Å². The van der Waals surface area contributed by atoms with Gasteiger partial charge in [0.1, 0.15) is 6.10 Å². The molecular weight excluding hydrogens is 116 g/mol. The van der Waals surface area contributed by atoms with Crippen LogP contribution in [0.4, 0.5) is 0 Å². The number of aliphatic hydroxyl groups is 1. The summed E-state index contributed by atoms with van der Waals surface area (Å²) >= 11 is 0. The van der Waals surface area contributed by atoms with Crippen LogP contribution in [0.5, 0.6) is 0 Å². The second-order valence-corrected chi connectivity index (χ2v) is 1.76. The molecule has 0 amide bonds. The van der Waals surface area contributed by atoms with Crippen molar-refractivity contribution < 1.29 is 9.90 Å². The summed E-state index contributed by atoms with van der Waals surface area (Å²) in [6.07, 6.45) is -0.635. The molecule has 0 bridgehead atoms. The highest BCUT2D eigenvalue weighted by Crippen LogP contribution is 1.89. The fraction of sp³-hybridized carbons (Fsp3) is 0.571. The van der Waals surface area contributed by atoms with Gasteiger partial charge in [-0.15, -0.1) is 11.8 Å². The summed E-state index contributed by atoms with van der Waals surface area (Å²) in [4.78, 5) is 10.3. The molecule has 0 aromatic heterocycles. The molecule has 0 rings (SSSR count). The summed E-state index contributed by atoms with van der Waals surface area (Å²) in [6.45, 7) is 3.02. The fourth-order valence-electron chi connectivity index (χ4n) is 0.342. The average Bonchev–Trinajstić information content (AvgIpc) is 1.82. The van der Waals surface area contributed by atoms with Crippen molar-refractivity contribution >= 4 is 5.78 Å². The van der Waals surface area contributed by atoms with Crippen LogP contribution in [0, 0.1) is 11.8 Å². The smallest absolute Gasteiger partial charge is 0.159 e. The van der Waals surface area contributed by atoms with Crippen molar-refractivity contribution in [3.05, 3.63) is 0 Å². The Labute approximate surface area is 54.9 Å². The van der Waals surface area contributed by atoms with E-state index in [4.69, 9.17) is 5.11 Å². The van der Waals surface area contributed by atoms with Crippen LogP contribution in [0.2, 0.25) is 0 Å². The summed E-state index contributed by atoms with van der Waals surface area (Å²) in [5.74, 6) is 4.98. The third-order valence-corrected chi connectivity index (χ3v) is 0.941. The van der Waals surface area contributed by atoms with Gasteiger partial charge in [-0.2, -0.15) is 0 Å². The molecule has 0 saturated heterocycles. The maximum atomic E-state index is 10.3. The normalized spacial score (nSPS) is 11.4. The third kappa shape index (κ3) is 3.75. The van der Waals surface area contributed by atoms with Crippen molar-refractivity contribution in [2.45, 2.75) is 26.4 Å². The van der Waals surface area contributed by atoms with Gasteiger partial charge < -0.3 is 5.11 Å². The number of hydrogen-bond acceptors (Lipinski definition) is 2. The molecule has 9 heavy (non-hydrogen) atoms. The molecule has 0 heterocycles. The minimum atomic E-state index is -0.891. The Hall–Kier alpha value is -0.810.